The van der Waals surface area contributed by atoms with E-state index in [1.54, 1.807) is 11.8 Å². The van der Waals surface area contributed by atoms with Crippen LogP contribution in [0.15, 0.2) is 29.2 Å². The standard InChI is InChI=1S/C10H13ClOS/c1-8(12)6-7-13-10-4-2-9(11)3-5-10/h2-5,8,12H,6-7H2,1H3. The monoisotopic (exact) mass is 216 g/mol. The van der Waals surface area contributed by atoms with Gasteiger partial charge in [0.25, 0.3) is 0 Å². The highest BCUT2D eigenvalue weighted by molar-refractivity contribution is 7.99. The molecule has 3 heteroatoms. The molecule has 72 valence electrons. The van der Waals surface area contributed by atoms with E-state index in [0.29, 0.717) is 0 Å². The largest absolute Gasteiger partial charge is 0.393 e. The molecule has 0 saturated carbocycles. The summed E-state index contributed by atoms with van der Waals surface area (Å²) in [6, 6.07) is 7.75. The molecule has 0 aromatic heterocycles. The molecule has 1 aromatic carbocycles. The highest BCUT2D eigenvalue weighted by Gasteiger charge is 1.97. The molecule has 0 spiro atoms. The number of halogens is 1. The van der Waals surface area contributed by atoms with Gasteiger partial charge in [-0.3, -0.25) is 0 Å². The summed E-state index contributed by atoms with van der Waals surface area (Å²) in [6.07, 6.45) is 0.618. The first-order chi connectivity index (χ1) is 6.18. The normalized spacial score (nSPS) is 12.8. The van der Waals surface area contributed by atoms with Gasteiger partial charge in [-0.25, -0.2) is 0 Å². The lowest BCUT2D eigenvalue weighted by atomic mass is 10.3. The van der Waals surface area contributed by atoms with E-state index in [-0.39, 0.29) is 6.10 Å². The molecule has 0 radical (unpaired) electrons. The predicted molar refractivity (Wildman–Crippen MR) is 58.5 cm³/mol. The lowest BCUT2D eigenvalue weighted by Gasteiger charge is -2.03. The number of benzene rings is 1. The molecular weight excluding hydrogens is 204 g/mol. The Morgan fingerprint density at radius 1 is 1.38 bits per heavy atom. The second kappa shape index (κ2) is 5.53. The molecule has 1 atom stereocenters. The third kappa shape index (κ3) is 4.55. The Morgan fingerprint density at radius 2 is 2.00 bits per heavy atom. The molecule has 0 heterocycles. The van der Waals surface area contributed by atoms with Crippen molar-refractivity contribution in [2.24, 2.45) is 0 Å². The first-order valence-corrected chi connectivity index (χ1v) is 5.61. The van der Waals surface area contributed by atoms with Crippen LogP contribution in [0.25, 0.3) is 0 Å². The second-order valence-electron chi connectivity index (χ2n) is 2.94. The van der Waals surface area contributed by atoms with Gasteiger partial charge in [-0.2, -0.15) is 0 Å². The molecule has 13 heavy (non-hydrogen) atoms. The van der Waals surface area contributed by atoms with Crippen molar-refractivity contribution in [1.29, 1.82) is 0 Å². The molecule has 0 aliphatic rings. The van der Waals surface area contributed by atoms with E-state index in [1.807, 2.05) is 31.2 Å². The smallest absolute Gasteiger partial charge is 0.0520 e. The molecule has 1 rings (SSSR count). The first-order valence-electron chi connectivity index (χ1n) is 4.25. The van der Waals surface area contributed by atoms with Crippen molar-refractivity contribution in [3.8, 4) is 0 Å². The van der Waals surface area contributed by atoms with E-state index in [1.165, 1.54) is 4.90 Å². The average molecular weight is 217 g/mol. The molecular formula is C10H13ClOS. The Balaban J connectivity index is 2.33. The van der Waals surface area contributed by atoms with Crippen LogP contribution in [-0.2, 0) is 0 Å². The molecule has 0 bridgehead atoms. The van der Waals surface area contributed by atoms with Crippen LogP contribution < -0.4 is 0 Å². The first kappa shape index (κ1) is 10.9. The van der Waals surface area contributed by atoms with Crippen LogP contribution in [0.2, 0.25) is 5.02 Å². The maximum Gasteiger partial charge on any atom is 0.0520 e. The quantitative estimate of drug-likeness (QED) is 0.781. The molecule has 1 N–H and O–H groups in total. The Bertz CT molecular complexity index is 246. The van der Waals surface area contributed by atoms with Crippen molar-refractivity contribution in [2.75, 3.05) is 5.75 Å². The van der Waals surface area contributed by atoms with Crippen molar-refractivity contribution >= 4 is 23.4 Å². The Morgan fingerprint density at radius 3 is 2.54 bits per heavy atom. The topological polar surface area (TPSA) is 20.2 Å². The Kier molecular flexibility index (Phi) is 4.64. The fourth-order valence-corrected chi connectivity index (χ4v) is 2.03. The van der Waals surface area contributed by atoms with Gasteiger partial charge >= 0.3 is 0 Å². The minimum Gasteiger partial charge on any atom is -0.393 e. The lowest BCUT2D eigenvalue weighted by molar-refractivity contribution is 0.192. The summed E-state index contributed by atoms with van der Waals surface area (Å²) in [4.78, 5) is 1.20. The molecule has 0 aliphatic heterocycles. The maximum absolute atomic E-state index is 9.04. The summed E-state index contributed by atoms with van der Waals surface area (Å²) in [5.41, 5.74) is 0. The zero-order valence-electron chi connectivity index (χ0n) is 7.53. The molecule has 1 aromatic rings. The predicted octanol–water partition coefficient (Wildman–Crippen LogP) is 3.20. The minimum atomic E-state index is -0.209. The van der Waals surface area contributed by atoms with Gasteiger partial charge in [0, 0.05) is 15.7 Å². The summed E-state index contributed by atoms with van der Waals surface area (Å²) < 4.78 is 0. The van der Waals surface area contributed by atoms with Crippen molar-refractivity contribution < 1.29 is 5.11 Å². The van der Waals surface area contributed by atoms with Crippen LogP contribution in [0.3, 0.4) is 0 Å². The van der Waals surface area contributed by atoms with Gasteiger partial charge in [0.2, 0.25) is 0 Å². The van der Waals surface area contributed by atoms with Crippen LogP contribution >= 0.6 is 23.4 Å². The summed E-state index contributed by atoms with van der Waals surface area (Å²) in [7, 11) is 0. The number of aliphatic hydroxyl groups excluding tert-OH is 1. The molecule has 0 aliphatic carbocycles. The van der Waals surface area contributed by atoms with Crippen molar-refractivity contribution in [2.45, 2.75) is 24.3 Å². The second-order valence-corrected chi connectivity index (χ2v) is 4.54. The van der Waals surface area contributed by atoms with E-state index in [4.69, 9.17) is 16.7 Å². The minimum absolute atomic E-state index is 0.209. The van der Waals surface area contributed by atoms with Crippen LogP contribution in [0.4, 0.5) is 0 Å². The summed E-state index contributed by atoms with van der Waals surface area (Å²) >= 11 is 7.49. The van der Waals surface area contributed by atoms with E-state index in [9.17, 15) is 0 Å². The third-order valence-corrected chi connectivity index (χ3v) is 2.92. The van der Waals surface area contributed by atoms with Gasteiger partial charge in [-0.05, 0) is 37.6 Å². The number of thioether (sulfide) groups is 1. The highest BCUT2D eigenvalue weighted by atomic mass is 35.5. The van der Waals surface area contributed by atoms with E-state index >= 15 is 0 Å². The van der Waals surface area contributed by atoms with Crippen LogP contribution in [-0.4, -0.2) is 17.0 Å². The molecule has 0 amide bonds. The fourth-order valence-electron chi connectivity index (χ4n) is 0.878. The average Bonchev–Trinajstić information content (AvgIpc) is 2.08. The van der Waals surface area contributed by atoms with Crippen LogP contribution in [0, 0.1) is 0 Å². The summed E-state index contributed by atoms with van der Waals surface area (Å²) in [5, 5.41) is 9.80. The molecule has 0 fully saturated rings. The van der Waals surface area contributed by atoms with Crippen molar-refractivity contribution in [1.82, 2.24) is 0 Å². The number of aliphatic hydroxyl groups is 1. The van der Waals surface area contributed by atoms with E-state index in [0.717, 1.165) is 17.2 Å². The van der Waals surface area contributed by atoms with Crippen LogP contribution in [0.1, 0.15) is 13.3 Å². The van der Waals surface area contributed by atoms with Gasteiger partial charge < -0.3 is 5.11 Å². The SMILES string of the molecule is CC(O)CCSc1ccc(Cl)cc1. The van der Waals surface area contributed by atoms with Gasteiger partial charge in [0.15, 0.2) is 0 Å². The maximum atomic E-state index is 9.04. The lowest BCUT2D eigenvalue weighted by Crippen LogP contribution is -2.00. The summed E-state index contributed by atoms with van der Waals surface area (Å²) in [5.74, 6) is 0.944. The van der Waals surface area contributed by atoms with Crippen molar-refractivity contribution in [3.63, 3.8) is 0 Å². The third-order valence-electron chi connectivity index (χ3n) is 1.62. The van der Waals surface area contributed by atoms with Gasteiger partial charge in [-0.1, -0.05) is 11.6 Å². The number of hydrogen-bond acceptors (Lipinski definition) is 2. The van der Waals surface area contributed by atoms with E-state index < -0.39 is 0 Å². The fraction of sp³-hybridized carbons (Fsp3) is 0.400. The number of rotatable bonds is 4. The summed E-state index contributed by atoms with van der Waals surface area (Å²) in [6.45, 7) is 1.81. The molecule has 1 nitrogen and oxygen atoms in total. The molecule has 0 saturated heterocycles. The Hall–Kier alpha value is -0.180. The van der Waals surface area contributed by atoms with Crippen LogP contribution in [0.5, 0.6) is 0 Å². The van der Waals surface area contributed by atoms with Gasteiger partial charge in [0.1, 0.15) is 0 Å². The van der Waals surface area contributed by atoms with Gasteiger partial charge in [0.05, 0.1) is 6.10 Å². The van der Waals surface area contributed by atoms with E-state index in [2.05, 4.69) is 0 Å². The zero-order chi connectivity index (χ0) is 9.68. The zero-order valence-corrected chi connectivity index (χ0v) is 9.11. The van der Waals surface area contributed by atoms with Crippen molar-refractivity contribution in [3.05, 3.63) is 29.3 Å². The highest BCUT2D eigenvalue weighted by Crippen LogP contribution is 2.21. The van der Waals surface area contributed by atoms with Gasteiger partial charge in [-0.15, -0.1) is 11.8 Å². The molecule has 1 unspecified atom stereocenters. The number of hydrogen-bond donors (Lipinski definition) is 1. The Labute approximate surface area is 88.1 Å².